The third-order valence-corrected chi connectivity index (χ3v) is 5.16. The fourth-order valence-electron chi connectivity index (χ4n) is 3.54. The molecule has 0 saturated carbocycles. The standard InChI is InChI=1S/C27H26F2N2/c1-5-18(4)31-25-16-23(15-20(7-3)27(25)29)21-10-8-9-11-24(19(6-2)14-21)22-12-13-30-26(28)17-22/h5-6,10-17,31H,1-2,4,7-9H2,3H3/b19-14?,21-10?,24-11+. The Morgan fingerprint density at radius 1 is 1.13 bits per heavy atom. The van der Waals surface area contributed by atoms with Gasteiger partial charge in [-0.05, 0) is 83.0 Å². The Morgan fingerprint density at radius 3 is 2.58 bits per heavy atom. The number of rotatable bonds is 7. The second-order valence-corrected chi connectivity index (χ2v) is 7.23. The number of nitrogens with one attached hydrogen (secondary N) is 1. The van der Waals surface area contributed by atoms with Gasteiger partial charge < -0.3 is 5.32 Å². The van der Waals surface area contributed by atoms with E-state index < -0.39 is 5.95 Å². The van der Waals surface area contributed by atoms with Crippen LogP contribution in [0.25, 0.3) is 11.1 Å². The van der Waals surface area contributed by atoms with Crippen LogP contribution in [-0.4, -0.2) is 4.98 Å². The number of hydrogen-bond donors (Lipinski definition) is 1. The van der Waals surface area contributed by atoms with Crippen molar-refractivity contribution in [3.05, 3.63) is 120 Å². The molecule has 2 aromatic rings. The van der Waals surface area contributed by atoms with Crippen molar-refractivity contribution >= 4 is 16.8 Å². The topological polar surface area (TPSA) is 24.9 Å². The van der Waals surface area contributed by atoms with E-state index in [4.69, 9.17) is 0 Å². The molecular formula is C27H26F2N2. The summed E-state index contributed by atoms with van der Waals surface area (Å²) in [4.78, 5) is 3.65. The Hall–Kier alpha value is -3.53. The summed E-state index contributed by atoms with van der Waals surface area (Å²) in [6.45, 7) is 13.4. The number of allylic oxidation sites excluding steroid dienone is 8. The first-order valence-corrected chi connectivity index (χ1v) is 10.2. The molecule has 31 heavy (non-hydrogen) atoms. The van der Waals surface area contributed by atoms with Crippen molar-refractivity contribution in [2.45, 2.75) is 26.2 Å². The summed E-state index contributed by atoms with van der Waals surface area (Å²) in [6.07, 6.45) is 13.1. The number of halogens is 2. The normalized spacial score (nSPS) is 15.5. The van der Waals surface area contributed by atoms with Crippen molar-refractivity contribution in [2.75, 3.05) is 5.32 Å². The van der Waals surface area contributed by atoms with Crippen molar-refractivity contribution in [2.24, 2.45) is 0 Å². The largest absolute Gasteiger partial charge is 0.354 e. The highest BCUT2D eigenvalue weighted by atomic mass is 19.1. The molecule has 158 valence electrons. The zero-order valence-electron chi connectivity index (χ0n) is 17.7. The summed E-state index contributed by atoms with van der Waals surface area (Å²) >= 11 is 0. The van der Waals surface area contributed by atoms with Gasteiger partial charge in [-0.1, -0.05) is 44.9 Å². The van der Waals surface area contributed by atoms with Crippen LogP contribution in [0, 0.1) is 11.8 Å². The predicted molar refractivity (Wildman–Crippen MR) is 126 cm³/mol. The summed E-state index contributed by atoms with van der Waals surface area (Å²) in [5.74, 6) is -0.814. The Morgan fingerprint density at radius 2 is 1.90 bits per heavy atom. The van der Waals surface area contributed by atoms with Gasteiger partial charge in [0.25, 0.3) is 0 Å². The smallest absolute Gasteiger partial charge is 0.213 e. The van der Waals surface area contributed by atoms with Crippen LogP contribution in [0.5, 0.6) is 0 Å². The van der Waals surface area contributed by atoms with Crippen molar-refractivity contribution in [1.82, 2.24) is 4.98 Å². The lowest BCUT2D eigenvalue weighted by Crippen LogP contribution is -2.03. The van der Waals surface area contributed by atoms with Crippen LogP contribution in [-0.2, 0) is 6.42 Å². The first-order valence-electron chi connectivity index (χ1n) is 10.2. The minimum Gasteiger partial charge on any atom is -0.354 e. The first-order chi connectivity index (χ1) is 15.0. The average Bonchev–Trinajstić information content (AvgIpc) is 2.75. The van der Waals surface area contributed by atoms with Crippen LogP contribution >= 0.6 is 0 Å². The maximum absolute atomic E-state index is 14.9. The molecule has 0 fully saturated rings. The van der Waals surface area contributed by atoms with Gasteiger partial charge in [0.2, 0.25) is 5.95 Å². The highest BCUT2D eigenvalue weighted by molar-refractivity contribution is 5.88. The molecule has 0 bridgehead atoms. The molecule has 1 N–H and O–H groups in total. The average molecular weight is 417 g/mol. The molecule has 0 spiro atoms. The van der Waals surface area contributed by atoms with Gasteiger partial charge in [0.1, 0.15) is 5.82 Å². The van der Waals surface area contributed by atoms with Gasteiger partial charge in [0, 0.05) is 18.0 Å². The van der Waals surface area contributed by atoms with Gasteiger partial charge in [-0.2, -0.15) is 4.39 Å². The van der Waals surface area contributed by atoms with Crippen molar-refractivity contribution in [1.29, 1.82) is 0 Å². The third-order valence-electron chi connectivity index (χ3n) is 5.16. The van der Waals surface area contributed by atoms with E-state index in [9.17, 15) is 8.78 Å². The van der Waals surface area contributed by atoms with Crippen LogP contribution in [0.4, 0.5) is 14.5 Å². The molecule has 0 saturated heterocycles. The monoisotopic (exact) mass is 416 g/mol. The quantitative estimate of drug-likeness (QED) is 0.375. The summed E-state index contributed by atoms with van der Waals surface area (Å²) in [6, 6.07) is 6.86. The molecule has 4 heteroatoms. The number of benzene rings is 1. The molecule has 0 atom stereocenters. The Labute approximate surface area is 182 Å². The fourth-order valence-corrected chi connectivity index (χ4v) is 3.54. The highest BCUT2D eigenvalue weighted by Gasteiger charge is 2.15. The lowest BCUT2D eigenvalue weighted by Gasteiger charge is -2.17. The van der Waals surface area contributed by atoms with E-state index in [1.807, 2.05) is 19.1 Å². The van der Waals surface area contributed by atoms with E-state index in [2.05, 4.69) is 42.2 Å². The summed E-state index contributed by atoms with van der Waals surface area (Å²) in [7, 11) is 0. The second kappa shape index (κ2) is 9.98. The number of hydrogen-bond acceptors (Lipinski definition) is 2. The number of nitrogens with zero attached hydrogens (tertiary/aromatic N) is 1. The minimum absolute atomic E-state index is 0.290. The van der Waals surface area contributed by atoms with E-state index in [0.29, 0.717) is 23.4 Å². The number of anilines is 1. The lowest BCUT2D eigenvalue weighted by atomic mass is 9.90. The Bertz CT molecular complexity index is 1120. The number of aryl methyl sites for hydroxylation is 1. The molecule has 1 aliphatic rings. The fraction of sp³-hybridized carbons (Fsp3) is 0.148. The molecule has 1 aromatic heterocycles. The van der Waals surface area contributed by atoms with Gasteiger partial charge in [-0.25, -0.2) is 9.37 Å². The maximum Gasteiger partial charge on any atom is 0.213 e. The third kappa shape index (κ3) is 5.15. The van der Waals surface area contributed by atoms with Crippen LogP contribution in [0.1, 0.15) is 36.5 Å². The Balaban J connectivity index is 2.10. The van der Waals surface area contributed by atoms with E-state index >= 15 is 0 Å². The van der Waals surface area contributed by atoms with Gasteiger partial charge in [-0.3, -0.25) is 0 Å². The second-order valence-electron chi connectivity index (χ2n) is 7.23. The molecule has 0 unspecified atom stereocenters. The minimum atomic E-state index is -0.524. The zero-order valence-corrected chi connectivity index (χ0v) is 17.7. The number of aromatic nitrogens is 1. The number of pyridine rings is 1. The Kier molecular flexibility index (Phi) is 7.14. The molecule has 0 amide bonds. The molecule has 2 nitrogen and oxygen atoms in total. The van der Waals surface area contributed by atoms with Crippen LogP contribution in [0.3, 0.4) is 0 Å². The van der Waals surface area contributed by atoms with Crippen LogP contribution < -0.4 is 5.32 Å². The van der Waals surface area contributed by atoms with Crippen LogP contribution in [0.15, 0.2) is 91.8 Å². The highest BCUT2D eigenvalue weighted by Crippen LogP contribution is 2.33. The van der Waals surface area contributed by atoms with E-state index in [1.54, 1.807) is 24.3 Å². The zero-order chi connectivity index (χ0) is 22.4. The molecule has 0 radical (unpaired) electrons. The molecule has 1 heterocycles. The summed E-state index contributed by atoms with van der Waals surface area (Å²) in [5.41, 5.74) is 5.86. The molecule has 3 rings (SSSR count). The van der Waals surface area contributed by atoms with Crippen molar-refractivity contribution < 1.29 is 8.78 Å². The van der Waals surface area contributed by atoms with E-state index in [-0.39, 0.29) is 5.82 Å². The lowest BCUT2D eigenvalue weighted by molar-refractivity contribution is 0.583. The van der Waals surface area contributed by atoms with E-state index in [1.165, 1.54) is 12.3 Å². The SMILES string of the molecule is C=CC(=C)Nc1cc(C2=CCC/C=C(/c3ccnc(F)c3)C(C=C)=C2)cc(CC)c1F. The van der Waals surface area contributed by atoms with Gasteiger partial charge >= 0.3 is 0 Å². The van der Waals surface area contributed by atoms with Crippen LogP contribution in [0.2, 0.25) is 0 Å². The van der Waals surface area contributed by atoms with Crippen molar-refractivity contribution in [3.63, 3.8) is 0 Å². The molecule has 1 aliphatic carbocycles. The molecule has 1 aromatic carbocycles. The predicted octanol–water partition coefficient (Wildman–Crippen LogP) is 7.41. The first kappa shape index (κ1) is 22.2. The summed E-state index contributed by atoms with van der Waals surface area (Å²) < 4.78 is 28.6. The van der Waals surface area contributed by atoms with E-state index in [0.717, 1.165) is 40.7 Å². The maximum atomic E-state index is 14.9. The molecular weight excluding hydrogens is 390 g/mol. The van der Waals surface area contributed by atoms with Gasteiger partial charge in [0.15, 0.2) is 0 Å². The van der Waals surface area contributed by atoms with Crippen molar-refractivity contribution in [3.8, 4) is 0 Å². The summed E-state index contributed by atoms with van der Waals surface area (Å²) in [5, 5.41) is 2.99. The van der Waals surface area contributed by atoms with Gasteiger partial charge in [0.05, 0.1) is 5.69 Å². The van der Waals surface area contributed by atoms with Gasteiger partial charge in [-0.15, -0.1) is 0 Å². The molecule has 0 aliphatic heterocycles.